The first-order valence-electron chi connectivity index (χ1n) is 6.36. The van der Waals surface area contributed by atoms with E-state index in [1.54, 1.807) is 0 Å². The maximum Gasteiger partial charge on any atom is 0.399 e. The first-order valence-corrected chi connectivity index (χ1v) is 8.79. The molecule has 1 heterocycles. The molecule has 2 aromatic rings. The van der Waals surface area contributed by atoms with Crippen LogP contribution in [0.1, 0.15) is 29.1 Å². The van der Waals surface area contributed by atoms with E-state index < -0.39 is 18.8 Å². The number of carbonyl (C=O) groups excluding carboxylic acids is 1. The molecule has 0 spiro atoms. The third kappa shape index (κ3) is 3.52. The van der Waals surface area contributed by atoms with Gasteiger partial charge in [-0.25, -0.2) is 0 Å². The van der Waals surface area contributed by atoms with Crippen LogP contribution in [0.15, 0.2) is 24.3 Å². The molecule has 0 atom stereocenters. The maximum absolute atomic E-state index is 13.6. The van der Waals surface area contributed by atoms with Gasteiger partial charge in [-0.1, -0.05) is 19.9 Å². The minimum absolute atomic E-state index is 0.333. The molecule has 122 valence electrons. The predicted molar refractivity (Wildman–Crippen MR) is 82.5 cm³/mol. The van der Waals surface area contributed by atoms with Crippen molar-refractivity contribution in [3.63, 3.8) is 0 Å². The molecule has 0 bridgehead atoms. The van der Waals surface area contributed by atoms with Gasteiger partial charge in [-0.2, -0.15) is 8.78 Å². The summed E-state index contributed by atoms with van der Waals surface area (Å²) >= 11 is 1.11. The van der Waals surface area contributed by atoms with Crippen LogP contribution in [0.25, 0.3) is 10.1 Å². The molecule has 1 aromatic carbocycles. The normalized spacial score (nSPS) is 11.8. The molecule has 9 heteroatoms. The molecule has 22 heavy (non-hydrogen) atoms. The fourth-order valence-corrected chi connectivity index (χ4v) is 3.10. The van der Waals surface area contributed by atoms with Crippen molar-refractivity contribution in [2.24, 2.45) is 0 Å². The van der Waals surface area contributed by atoms with Crippen molar-refractivity contribution in [3.05, 3.63) is 34.7 Å². The molecule has 1 aromatic heterocycles. The Balaban J connectivity index is 0.00000116. The summed E-state index contributed by atoms with van der Waals surface area (Å²) < 4.78 is 38.6. The van der Waals surface area contributed by atoms with Gasteiger partial charge in [0.25, 0.3) is 5.91 Å². The second-order valence-electron chi connectivity index (χ2n) is 4.03. The molecule has 0 fully saturated rings. The van der Waals surface area contributed by atoms with E-state index in [1.807, 2.05) is 13.8 Å². The number of nitrogens with one attached hydrogen (secondary N) is 1. The number of amides is 1. The summed E-state index contributed by atoms with van der Waals surface area (Å²) in [6, 6.07) is 4.65. The van der Waals surface area contributed by atoms with Crippen LogP contribution in [0.4, 0.5) is 8.78 Å². The second-order valence-corrected chi connectivity index (χ2v) is 6.76. The van der Waals surface area contributed by atoms with E-state index in [-0.39, 0.29) is 5.91 Å². The molecule has 0 aliphatic carbocycles. The van der Waals surface area contributed by atoms with Crippen LogP contribution in [0.3, 0.4) is 0 Å². The van der Waals surface area contributed by atoms with E-state index in [0.717, 1.165) is 23.5 Å². The van der Waals surface area contributed by atoms with Crippen LogP contribution >= 0.6 is 18.9 Å². The summed E-state index contributed by atoms with van der Waals surface area (Å²) in [5.41, 5.74) is -5.03. The maximum atomic E-state index is 13.6. The smallest absolute Gasteiger partial charge is 0.354 e. The topological polar surface area (TPSA) is 86.6 Å². The van der Waals surface area contributed by atoms with Crippen molar-refractivity contribution < 1.29 is 27.9 Å². The standard InChI is InChI=1S/C11H10F2NO4PS.C2H6/c1-14-10(15)9-5-6-4-7(2-3-8(6)20-9)11(12,13)19(16,17)18;1-2/h2-5H,1H3,(H,14,15)(H2,16,17,18);1-2H3. The zero-order valence-electron chi connectivity index (χ0n) is 12.1. The summed E-state index contributed by atoms with van der Waals surface area (Å²) in [5.74, 6) is -0.352. The summed E-state index contributed by atoms with van der Waals surface area (Å²) in [6.45, 7) is 4.00. The quantitative estimate of drug-likeness (QED) is 0.739. The lowest BCUT2D eigenvalue weighted by Crippen LogP contribution is -2.15. The fraction of sp³-hybridized carbons (Fsp3) is 0.308. The van der Waals surface area contributed by atoms with Crippen LogP contribution in [0.5, 0.6) is 0 Å². The number of hydrogen-bond acceptors (Lipinski definition) is 3. The third-order valence-corrected chi connectivity index (χ3v) is 4.79. The lowest BCUT2D eigenvalue weighted by atomic mass is 10.1. The van der Waals surface area contributed by atoms with Gasteiger partial charge in [-0.05, 0) is 23.6 Å². The number of rotatable bonds is 3. The van der Waals surface area contributed by atoms with E-state index in [0.29, 0.717) is 15.0 Å². The number of fused-ring (bicyclic) bond motifs is 1. The van der Waals surface area contributed by atoms with E-state index in [2.05, 4.69) is 5.32 Å². The van der Waals surface area contributed by atoms with Gasteiger partial charge in [0.05, 0.1) is 4.88 Å². The van der Waals surface area contributed by atoms with Crippen molar-refractivity contribution in [1.82, 2.24) is 5.32 Å². The van der Waals surface area contributed by atoms with Crippen LogP contribution in [-0.4, -0.2) is 22.7 Å². The minimum atomic E-state index is -5.60. The number of benzene rings is 1. The van der Waals surface area contributed by atoms with E-state index >= 15 is 0 Å². The van der Waals surface area contributed by atoms with Gasteiger partial charge >= 0.3 is 13.3 Å². The molecule has 5 nitrogen and oxygen atoms in total. The second kappa shape index (κ2) is 6.83. The highest BCUT2D eigenvalue weighted by Crippen LogP contribution is 2.59. The Morgan fingerprint density at radius 2 is 1.86 bits per heavy atom. The molecule has 2 rings (SSSR count). The molecule has 0 radical (unpaired) electrons. The van der Waals surface area contributed by atoms with Gasteiger partial charge in [-0.3, -0.25) is 9.36 Å². The third-order valence-electron chi connectivity index (χ3n) is 2.68. The SMILES string of the molecule is CC.CNC(=O)c1cc2cc(C(F)(F)P(=O)(O)O)ccc2s1. The number of hydrogen-bond donors (Lipinski definition) is 3. The Labute approximate surface area is 130 Å². The van der Waals surface area contributed by atoms with Crippen LogP contribution in [0.2, 0.25) is 0 Å². The highest BCUT2D eigenvalue weighted by Gasteiger charge is 2.50. The Hall–Kier alpha value is -1.34. The number of carbonyl (C=O) groups is 1. The average molecular weight is 351 g/mol. The average Bonchev–Trinajstić information content (AvgIpc) is 2.90. The summed E-state index contributed by atoms with van der Waals surface area (Å²) in [7, 11) is -4.15. The number of alkyl halides is 2. The van der Waals surface area contributed by atoms with E-state index in [9.17, 15) is 18.1 Å². The predicted octanol–water partition coefficient (Wildman–Crippen LogP) is 3.51. The Bertz CT molecular complexity index is 726. The van der Waals surface area contributed by atoms with Crippen LogP contribution in [0, 0.1) is 0 Å². The molecular weight excluding hydrogens is 335 g/mol. The molecule has 0 saturated heterocycles. The van der Waals surface area contributed by atoms with E-state index in [1.165, 1.54) is 19.2 Å². The minimum Gasteiger partial charge on any atom is -0.354 e. The van der Waals surface area contributed by atoms with Crippen LogP contribution in [-0.2, 0) is 10.2 Å². The number of thiophene rings is 1. The molecule has 0 aliphatic rings. The molecule has 0 unspecified atom stereocenters. The Morgan fingerprint density at radius 1 is 1.27 bits per heavy atom. The monoisotopic (exact) mass is 351 g/mol. The van der Waals surface area contributed by atoms with Crippen molar-refractivity contribution in [1.29, 1.82) is 0 Å². The fourth-order valence-electron chi connectivity index (χ4n) is 1.63. The first-order chi connectivity index (χ1) is 10.2. The molecule has 0 saturated carbocycles. The van der Waals surface area contributed by atoms with Crippen molar-refractivity contribution in [3.8, 4) is 0 Å². The highest BCUT2D eigenvalue weighted by atomic mass is 32.1. The largest absolute Gasteiger partial charge is 0.399 e. The van der Waals surface area contributed by atoms with Gasteiger partial charge in [-0.15, -0.1) is 11.3 Å². The van der Waals surface area contributed by atoms with Crippen molar-refractivity contribution in [2.75, 3.05) is 7.05 Å². The molecule has 3 N–H and O–H groups in total. The first kappa shape index (κ1) is 18.7. The van der Waals surface area contributed by atoms with Gasteiger partial charge in [0.1, 0.15) is 0 Å². The van der Waals surface area contributed by atoms with Gasteiger partial charge in [0.15, 0.2) is 0 Å². The number of halogens is 2. The molecular formula is C13H16F2NO4PS. The van der Waals surface area contributed by atoms with Crippen molar-refractivity contribution >= 4 is 34.9 Å². The summed E-state index contributed by atoms with van der Waals surface area (Å²) in [5, 5.41) is 2.74. The Morgan fingerprint density at radius 3 is 2.36 bits per heavy atom. The van der Waals surface area contributed by atoms with Crippen molar-refractivity contribution in [2.45, 2.75) is 19.5 Å². The lowest BCUT2D eigenvalue weighted by molar-refractivity contribution is 0.0566. The summed E-state index contributed by atoms with van der Waals surface area (Å²) in [4.78, 5) is 29.2. The van der Waals surface area contributed by atoms with Gasteiger partial charge in [0.2, 0.25) is 0 Å². The van der Waals surface area contributed by atoms with Gasteiger partial charge < -0.3 is 15.1 Å². The summed E-state index contributed by atoms with van der Waals surface area (Å²) in [6.07, 6.45) is 0. The Kier molecular flexibility index (Phi) is 5.81. The van der Waals surface area contributed by atoms with Gasteiger partial charge in [0, 0.05) is 17.3 Å². The zero-order chi connectivity index (χ0) is 17.1. The molecule has 1 amide bonds. The van der Waals surface area contributed by atoms with Crippen LogP contribution < -0.4 is 5.32 Å². The molecule has 0 aliphatic heterocycles. The zero-order valence-corrected chi connectivity index (χ0v) is 13.8. The van der Waals surface area contributed by atoms with E-state index in [4.69, 9.17) is 9.79 Å². The lowest BCUT2D eigenvalue weighted by Gasteiger charge is -2.17. The highest BCUT2D eigenvalue weighted by molar-refractivity contribution is 7.52.